The Kier molecular flexibility index (Phi) is 4.05. The van der Waals surface area contributed by atoms with Gasteiger partial charge in [0.15, 0.2) is 6.29 Å². The molecule has 0 fully saturated rings. The number of rotatable bonds is 3. The standard InChI is InChI=1S/C16H19NO3S/c1-15(2,3)20-14(19)17-16(4,10-18)13-9-11-7-5-6-8-12(11)21-13/h5-10H,1-4H3,(H,17,19). The fourth-order valence-electron chi connectivity index (χ4n) is 1.90. The first kappa shape index (κ1) is 15.5. The quantitative estimate of drug-likeness (QED) is 0.877. The summed E-state index contributed by atoms with van der Waals surface area (Å²) in [5, 5.41) is 3.71. The highest BCUT2D eigenvalue weighted by Crippen LogP contribution is 2.32. The van der Waals surface area contributed by atoms with Crippen molar-refractivity contribution in [2.75, 3.05) is 0 Å². The molecule has 1 aromatic heterocycles. The number of thiophene rings is 1. The van der Waals surface area contributed by atoms with Crippen LogP contribution in [0.15, 0.2) is 30.3 Å². The first-order valence-electron chi connectivity index (χ1n) is 6.70. The van der Waals surface area contributed by atoms with Crippen molar-refractivity contribution in [3.63, 3.8) is 0 Å². The fraction of sp³-hybridized carbons (Fsp3) is 0.375. The van der Waals surface area contributed by atoms with Crippen LogP contribution in [0.5, 0.6) is 0 Å². The van der Waals surface area contributed by atoms with E-state index in [2.05, 4.69) is 5.32 Å². The van der Waals surface area contributed by atoms with Crippen LogP contribution in [0.25, 0.3) is 10.1 Å². The number of fused-ring (bicyclic) bond motifs is 1. The van der Waals surface area contributed by atoms with Gasteiger partial charge in [0.05, 0.1) is 0 Å². The van der Waals surface area contributed by atoms with Crippen LogP contribution in [-0.4, -0.2) is 18.0 Å². The molecule has 21 heavy (non-hydrogen) atoms. The van der Waals surface area contributed by atoms with Gasteiger partial charge in [0.1, 0.15) is 11.1 Å². The SMILES string of the molecule is CC(C)(C)OC(=O)NC(C)(C=O)c1cc2ccccc2s1. The largest absolute Gasteiger partial charge is 0.444 e. The van der Waals surface area contributed by atoms with Gasteiger partial charge in [-0.1, -0.05) is 18.2 Å². The molecule has 0 spiro atoms. The summed E-state index contributed by atoms with van der Waals surface area (Å²) < 4.78 is 6.30. The summed E-state index contributed by atoms with van der Waals surface area (Å²) in [5.41, 5.74) is -1.69. The van der Waals surface area contributed by atoms with E-state index >= 15 is 0 Å². The maximum Gasteiger partial charge on any atom is 0.408 e. The van der Waals surface area contributed by atoms with Gasteiger partial charge in [-0.2, -0.15) is 0 Å². The molecule has 1 heterocycles. The second-order valence-corrected chi connectivity index (χ2v) is 7.18. The zero-order valence-corrected chi connectivity index (χ0v) is 13.4. The van der Waals surface area contributed by atoms with Crippen LogP contribution in [0.2, 0.25) is 0 Å². The van der Waals surface area contributed by atoms with Crippen molar-refractivity contribution in [3.8, 4) is 0 Å². The molecule has 1 amide bonds. The predicted molar refractivity (Wildman–Crippen MR) is 84.6 cm³/mol. The van der Waals surface area contributed by atoms with Crippen LogP contribution >= 0.6 is 11.3 Å². The van der Waals surface area contributed by atoms with Crippen molar-refractivity contribution >= 4 is 33.8 Å². The van der Waals surface area contributed by atoms with Gasteiger partial charge in [0.25, 0.3) is 0 Å². The van der Waals surface area contributed by atoms with Crippen molar-refractivity contribution in [2.24, 2.45) is 0 Å². The number of hydrogen-bond acceptors (Lipinski definition) is 4. The summed E-state index contributed by atoms with van der Waals surface area (Å²) in [4.78, 5) is 24.3. The molecule has 2 aromatic rings. The van der Waals surface area contributed by atoms with Crippen LogP contribution in [0.1, 0.15) is 32.6 Å². The van der Waals surface area contributed by atoms with Gasteiger partial charge in [-0.05, 0) is 45.2 Å². The van der Waals surface area contributed by atoms with E-state index in [1.165, 1.54) is 11.3 Å². The molecule has 1 unspecified atom stereocenters. The second kappa shape index (κ2) is 5.48. The second-order valence-electron chi connectivity index (χ2n) is 6.10. The maximum absolute atomic E-state index is 11.9. The first-order chi connectivity index (χ1) is 9.73. The normalized spacial score (nSPS) is 14.5. The lowest BCUT2D eigenvalue weighted by Gasteiger charge is -2.26. The summed E-state index contributed by atoms with van der Waals surface area (Å²) in [5.74, 6) is 0. The molecule has 2 rings (SSSR count). The van der Waals surface area contributed by atoms with Crippen molar-refractivity contribution in [2.45, 2.75) is 38.8 Å². The lowest BCUT2D eigenvalue weighted by Crippen LogP contribution is -2.46. The number of benzene rings is 1. The molecule has 5 heteroatoms. The van der Waals surface area contributed by atoms with Gasteiger partial charge in [0.2, 0.25) is 0 Å². The third-order valence-corrected chi connectivity index (χ3v) is 4.29. The Balaban J connectivity index is 2.28. The van der Waals surface area contributed by atoms with Crippen molar-refractivity contribution in [1.29, 1.82) is 0 Å². The van der Waals surface area contributed by atoms with E-state index in [9.17, 15) is 9.59 Å². The minimum atomic E-state index is -1.09. The van der Waals surface area contributed by atoms with Gasteiger partial charge in [-0.3, -0.25) is 0 Å². The molecule has 1 aromatic carbocycles. The fourth-order valence-corrected chi connectivity index (χ4v) is 3.03. The molecule has 1 N–H and O–H groups in total. The maximum atomic E-state index is 11.9. The van der Waals surface area contributed by atoms with Crippen molar-refractivity contribution < 1.29 is 14.3 Å². The third-order valence-electron chi connectivity index (χ3n) is 2.93. The summed E-state index contributed by atoms with van der Waals surface area (Å²) in [6.45, 7) is 7.02. The Bertz CT molecular complexity index is 638. The Morgan fingerprint density at radius 1 is 1.24 bits per heavy atom. The van der Waals surface area contributed by atoms with E-state index < -0.39 is 17.2 Å². The lowest BCUT2D eigenvalue weighted by atomic mass is 10.0. The highest BCUT2D eigenvalue weighted by molar-refractivity contribution is 7.19. The summed E-state index contributed by atoms with van der Waals surface area (Å²) in [6, 6.07) is 9.78. The number of amides is 1. The number of ether oxygens (including phenoxy) is 1. The number of nitrogens with one attached hydrogen (secondary N) is 1. The summed E-state index contributed by atoms with van der Waals surface area (Å²) >= 11 is 1.49. The van der Waals surface area contributed by atoms with Crippen LogP contribution in [-0.2, 0) is 15.1 Å². The Morgan fingerprint density at radius 3 is 2.48 bits per heavy atom. The molecule has 0 radical (unpaired) electrons. The third kappa shape index (κ3) is 3.61. The Labute approximate surface area is 128 Å². The molecule has 4 nitrogen and oxygen atoms in total. The average Bonchev–Trinajstić information content (AvgIpc) is 2.80. The van der Waals surface area contributed by atoms with E-state index in [1.807, 2.05) is 30.3 Å². The topological polar surface area (TPSA) is 55.4 Å². The summed E-state index contributed by atoms with van der Waals surface area (Å²) in [6.07, 6.45) is 0.135. The molecular weight excluding hydrogens is 286 g/mol. The number of hydrogen-bond donors (Lipinski definition) is 1. The number of carbonyl (C=O) groups excluding carboxylic acids is 2. The van der Waals surface area contributed by atoms with Crippen LogP contribution in [0, 0.1) is 0 Å². The highest BCUT2D eigenvalue weighted by atomic mass is 32.1. The van der Waals surface area contributed by atoms with E-state index in [1.54, 1.807) is 27.7 Å². The number of alkyl carbamates (subject to hydrolysis) is 1. The van der Waals surface area contributed by atoms with Crippen LogP contribution in [0.4, 0.5) is 4.79 Å². The molecule has 0 saturated heterocycles. The molecule has 0 bridgehead atoms. The Hall–Kier alpha value is -1.88. The van der Waals surface area contributed by atoms with Crippen molar-refractivity contribution in [1.82, 2.24) is 5.32 Å². The number of carbonyl (C=O) groups is 2. The zero-order valence-electron chi connectivity index (χ0n) is 12.6. The summed E-state index contributed by atoms with van der Waals surface area (Å²) in [7, 11) is 0. The van der Waals surface area contributed by atoms with E-state index in [4.69, 9.17) is 4.74 Å². The van der Waals surface area contributed by atoms with Gasteiger partial charge in [-0.15, -0.1) is 11.3 Å². The minimum absolute atomic E-state index is 0.602. The van der Waals surface area contributed by atoms with E-state index in [-0.39, 0.29) is 0 Å². The highest BCUT2D eigenvalue weighted by Gasteiger charge is 2.32. The van der Waals surface area contributed by atoms with E-state index in [0.29, 0.717) is 0 Å². The molecule has 0 aliphatic carbocycles. The minimum Gasteiger partial charge on any atom is -0.444 e. The molecule has 0 aliphatic heterocycles. The molecule has 0 saturated carbocycles. The van der Waals surface area contributed by atoms with Gasteiger partial charge < -0.3 is 14.8 Å². The molecule has 112 valence electrons. The van der Waals surface area contributed by atoms with Gasteiger partial charge in [0, 0.05) is 9.58 Å². The van der Waals surface area contributed by atoms with Gasteiger partial charge in [-0.25, -0.2) is 4.79 Å². The average molecular weight is 305 g/mol. The lowest BCUT2D eigenvalue weighted by molar-refractivity contribution is -0.113. The van der Waals surface area contributed by atoms with Gasteiger partial charge >= 0.3 is 6.09 Å². The number of aldehydes is 1. The zero-order chi connectivity index (χ0) is 15.7. The first-order valence-corrected chi connectivity index (χ1v) is 7.52. The molecule has 0 aliphatic rings. The van der Waals surface area contributed by atoms with Crippen LogP contribution in [0.3, 0.4) is 0 Å². The van der Waals surface area contributed by atoms with Crippen LogP contribution < -0.4 is 5.32 Å². The van der Waals surface area contributed by atoms with E-state index in [0.717, 1.165) is 21.2 Å². The smallest absolute Gasteiger partial charge is 0.408 e. The van der Waals surface area contributed by atoms with Crippen molar-refractivity contribution in [3.05, 3.63) is 35.2 Å². The molecular formula is C16H19NO3S. The molecule has 1 atom stereocenters. The Morgan fingerprint density at radius 2 is 1.90 bits per heavy atom. The predicted octanol–water partition coefficient (Wildman–Crippen LogP) is 3.84. The monoisotopic (exact) mass is 305 g/mol.